The van der Waals surface area contributed by atoms with Gasteiger partial charge in [0.2, 0.25) is 0 Å². The van der Waals surface area contributed by atoms with Gasteiger partial charge >= 0.3 is 0 Å². The third-order valence-corrected chi connectivity index (χ3v) is 5.20. The summed E-state index contributed by atoms with van der Waals surface area (Å²) in [6.07, 6.45) is 3.60. The summed E-state index contributed by atoms with van der Waals surface area (Å²) in [6, 6.07) is 16.6. The molecule has 4 rings (SSSR count). The van der Waals surface area contributed by atoms with Crippen molar-refractivity contribution in [3.8, 4) is 33.9 Å². The van der Waals surface area contributed by atoms with Crippen LogP contribution in [0.1, 0.15) is 5.56 Å². The molecule has 0 unspecified atom stereocenters. The molecule has 0 saturated carbocycles. The molecule has 6 heteroatoms. The fraction of sp³-hybridized carbons (Fsp3) is 0.167. The smallest absolute Gasteiger partial charge is 0.142 e. The topological polar surface area (TPSA) is 77.7 Å². The maximum atomic E-state index is 5.05. The minimum Gasteiger partial charge on any atom is -0.388 e. The largest absolute Gasteiger partial charge is 0.388 e. The Morgan fingerprint density at radius 2 is 1.40 bits per heavy atom. The van der Waals surface area contributed by atoms with Crippen LogP contribution >= 0.6 is 0 Å². The summed E-state index contributed by atoms with van der Waals surface area (Å²) in [6.45, 7) is 2.09. The van der Waals surface area contributed by atoms with E-state index in [4.69, 9.17) is 4.98 Å². The van der Waals surface area contributed by atoms with Crippen molar-refractivity contribution in [1.82, 2.24) is 15.0 Å². The Labute approximate surface area is 176 Å². The number of aromatic nitrogens is 3. The van der Waals surface area contributed by atoms with Crippen LogP contribution in [0.5, 0.6) is 0 Å². The second-order valence-corrected chi connectivity index (χ2v) is 7.11. The van der Waals surface area contributed by atoms with E-state index in [0.717, 1.165) is 51.0 Å². The predicted molar refractivity (Wildman–Crippen MR) is 126 cm³/mol. The average Bonchev–Trinajstić information content (AvgIpc) is 3.24. The van der Waals surface area contributed by atoms with Crippen molar-refractivity contribution in [2.75, 3.05) is 37.1 Å². The molecule has 2 aromatic carbocycles. The quantitative estimate of drug-likeness (QED) is 0.357. The van der Waals surface area contributed by atoms with E-state index in [-0.39, 0.29) is 0 Å². The number of aromatic amines is 1. The molecule has 0 radical (unpaired) electrons. The molecule has 6 nitrogen and oxygen atoms in total. The maximum Gasteiger partial charge on any atom is 0.142 e. The summed E-state index contributed by atoms with van der Waals surface area (Å²) < 4.78 is 0. The van der Waals surface area contributed by atoms with E-state index in [2.05, 4.69) is 69.2 Å². The number of benzene rings is 2. The van der Waals surface area contributed by atoms with E-state index in [1.807, 2.05) is 33.3 Å². The van der Waals surface area contributed by atoms with E-state index >= 15 is 0 Å². The first-order valence-electron chi connectivity index (χ1n) is 9.93. The first kappa shape index (κ1) is 19.5. The van der Waals surface area contributed by atoms with Gasteiger partial charge in [0.05, 0.1) is 17.0 Å². The standard InChI is InChI=1S/C24H26N6/c1-15-5-7-16(8-6-15)22-23(17-9-11-28-12-10-17)30-24(29-22)21-19(26-3)13-18(25-2)14-20(21)27-4/h5-14,25-27H,1-4H3,(H,29,30). The molecule has 4 aromatic rings. The van der Waals surface area contributed by atoms with Crippen LogP contribution in [-0.2, 0) is 0 Å². The second-order valence-electron chi connectivity index (χ2n) is 7.11. The minimum absolute atomic E-state index is 0.800. The summed E-state index contributed by atoms with van der Waals surface area (Å²) in [5.41, 5.74) is 9.20. The lowest BCUT2D eigenvalue weighted by atomic mass is 10.0. The van der Waals surface area contributed by atoms with Gasteiger partial charge in [-0.2, -0.15) is 0 Å². The van der Waals surface area contributed by atoms with E-state index in [9.17, 15) is 0 Å². The first-order chi connectivity index (χ1) is 14.6. The van der Waals surface area contributed by atoms with E-state index in [1.165, 1.54) is 5.56 Å². The van der Waals surface area contributed by atoms with Gasteiger partial charge in [-0.15, -0.1) is 0 Å². The number of aryl methyl sites for hydroxylation is 1. The van der Waals surface area contributed by atoms with Crippen LogP contribution < -0.4 is 16.0 Å². The van der Waals surface area contributed by atoms with Crippen molar-refractivity contribution in [1.29, 1.82) is 0 Å². The Balaban J connectivity index is 1.96. The van der Waals surface area contributed by atoms with Crippen LogP contribution in [0.25, 0.3) is 33.9 Å². The number of H-pyrrole nitrogens is 1. The third kappa shape index (κ3) is 3.59. The van der Waals surface area contributed by atoms with Crippen LogP contribution in [0.2, 0.25) is 0 Å². The highest BCUT2D eigenvalue weighted by atomic mass is 15.0. The van der Waals surface area contributed by atoms with Crippen LogP contribution in [0, 0.1) is 6.92 Å². The average molecular weight is 399 g/mol. The zero-order valence-corrected chi connectivity index (χ0v) is 17.7. The van der Waals surface area contributed by atoms with E-state index in [1.54, 1.807) is 12.4 Å². The molecule has 0 spiro atoms. The predicted octanol–water partition coefficient (Wildman–Crippen LogP) is 5.24. The number of nitrogens with one attached hydrogen (secondary N) is 4. The van der Waals surface area contributed by atoms with Gasteiger partial charge in [0, 0.05) is 61.7 Å². The highest BCUT2D eigenvalue weighted by Crippen LogP contribution is 2.40. The van der Waals surface area contributed by atoms with Crippen molar-refractivity contribution in [2.24, 2.45) is 0 Å². The Kier molecular flexibility index (Phi) is 5.39. The number of rotatable bonds is 6. The van der Waals surface area contributed by atoms with Gasteiger partial charge in [-0.3, -0.25) is 4.98 Å². The molecule has 0 amide bonds. The van der Waals surface area contributed by atoms with E-state index in [0.29, 0.717) is 0 Å². The number of hydrogen-bond acceptors (Lipinski definition) is 5. The van der Waals surface area contributed by atoms with Gasteiger partial charge in [0.1, 0.15) is 5.82 Å². The molecule has 2 aromatic heterocycles. The number of nitrogens with zero attached hydrogens (tertiary/aromatic N) is 2. The lowest BCUT2D eigenvalue weighted by Crippen LogP contribution is -2.01. The van der Waals surface area contributed by atoms with Crippen LogP contribution in [-0.4, -0.2) is 36.1 Å². The molecule has 0 aliphatic rings. The molecular formula is C24H26N6. The molecule has 0 bridgehead atoms. The molecule has 0 atom stereocenters. The molecule has 0 saturated heterocycles. The van der Waals surface area contributed by atoms with Gasteiger partial charge in [-0.1, -0.05) is 29.8 Å². The highest BCUT2D eigenvalue weighted by Gasteiger charge is 2.20. The van der Waals surface area contributed by atoms with Gasteiger partial charge in [-0.05, 0) is 31.2 Å². The van der Waals surface area contributed by atoms with Crippen molar-refractivity contribution < 1.29 is 0 Å². The molecule has 2 heterocycles. The first-order valence-corrected chi connectivity index (χ1v) is 9.93. The molecule has 4 N–H and O–H groups in total. The Morgan fingerprint density at radius 3 is 1.97 bits per heavy atom. The number of anilines is 3. The lowest BCUT2D eigenvalue weighted by Gasteiger charge is -2.15. The van der Waals surface area contributed by atoms with Gasteiger partial charge < -0.3 is 20.9 Å². The van der Waals surface area contributed by atoms with Gasteiger partial charge in [0.25, 0.3) is 0 Å². The number of pyridine rings is 1. The zero-order chi connectivity index (χ0) is 21.1. The second kappa shape index (κ2) is 8.29. The van der Waals surface area contributed by atoms with Crippen LogP contribution in [0.15, 0.2) is 60.9 Å². The highest BCUT2D eigenvalue weighted by molar-refractivity contribution is 5.91. The molecule has 0 aliphatic carbocycles. The van der Waals surface area contributed by atoms with Gasteiger partial charge in [-0.25, -0.2) is 4.98 Å². The van der Waals surface area contributed by atoms with Crippen LogP contribution in [0.4, 0.5) is 17.1 Å². The maximum absolute atomic E-state index is 5.05. The third-order valence-electron chi connectivity index (χ3n) is 5.20. The molecule has 152 valence electrons. The Bertz CT molecular complexity index is 1120. The van der Waals surface area contributed by atoms with Crippen molar-refractivity contribution >= 4 is 17.1 Å². The van der Waals surface area contributed by atoms with E-state index < -0.39 is 0 Å². The zero-order valence-electron chi connectivity index (χ0n) is 17.7. The fourth-order valence-electron chi connectivity index (χ4n) is 3.58. The summed E-state index contributed by atoms with van der Waals surface area (Å²) in [7, 11) is 5.76. The fourth-order valence-corrected chi connectivity index (χ4v) is 3.58. The number of imidazole rings is 1. The monoisotopic (exact) mass is 398 g/mol. The van der Waals surface area contributed by atoms with Gasteiger partial charge in [0.15, 0.2) is 0 Å². The molecule has 0 aliphatic heterocycles. The summed E-state index contributed by atoms with van der Waals surface area (Å²) in [4.78, 5) is 12.8. The molecular weight excluding hydrogens is 372 g/mol. The summed E-state index contributed by atoms with van der Waals surface area (Å²) >= 11 is 0. The lowest BCUT2D eigenvalue weighted by molar-refractivity contribution is 1.29. The molecule has 0 fully saturated rings. The van der Waals surface area contributed by atoms with Crippen molar-refractivity contribution in [3.63, 3.8) is 0 Å². The minimum atomic E-state index is 0.800. The SMILES string of the molecule is CNc1cc(NC)c(-c2nc(-c3ccc(C)cc3)c(-c3ccncc3)[nH]2)c(NC)c1. The molecule has 30 heavy (non-hydrogen) atoms. The summed E-state index contributed by atoms with van der Waals surface area (Å²) in [5, 5.41) is 9.83. The normalized spacial score (nSPS) is 10.7. The Morgan fingerprint density at radius 1 is 0.767 bits per heavy atom. The van der Waals surface area contributed by atoms with Crippen LogP contribution in [0.3, 0.4) is 0 Å². The van der Waals surface area contributed by atoms with Crippen molar-refractivity contribution in [2.45, 2.75) is 6.92 Å². The van der Waals surface area contributed by atoms with Crippen molar-refractivity contribution in [3.05, 3.63) is 66.5 Å². The number of hydrogen-bond donors (Lipinski definition) is 4. The Hall–Kier alpha value is -3.80. The summed E-state index contributed by atoms with van der Waals surface area (Å²) in [5.74, 6) is 0.800.